The Kier molecular flexibility index (Phi) is 3.85. The minimum absolute atomic E-state index is 0.504. The summed E-state index contributed by atoms with van der Waals surface area (Å²) in [5, 5.41) is 0. The molecule has 1 aromatic heterocycles. The van der Waals surface area contributed by atoms with Crippen LogP contribution in [0, 0.1) is 0 Å². The highest BCUT2D eigenvalue weighted by Gasteiger charge is 2.24. The molecule has 0 N–H and O–H groups in total. The van der Waals surface area contributed by atoms with Crippen molar-refractivity contribution in [2.24, 2.45) is 0 Å². The predicted octanol–water partition coefficient (Wildman–Crippen LogP) is 2.91. The number of nitrogens with zero attached hydrogens (tertiary/aromatic N) is 2. The van der Waals surface area contributed by atoms with Crippen molar-refractivity contribution in [3.63, 3.8) is 0 Å². The maximum atomic E-state index is 5.55. The lowest BCUT2D eigenvalue weighted by Gasteiger charge is -2.31. The minimum Gasteiger partial charge on any atom is -0.381 e. The highest BCUT2D eigenvalue weighted by molar-refractivity contribution is 5.29. The Hall–Kier alpha value is -0.930. The van der Waals surface area contributed by atoms with Crippen molar-refractivity contribution in [3.8, 4) is 0 Å². The van der Waals surface area contributed by atoms with Crippen LogP contribution < -0.4 is 0 Å². The SMILES string of the molecule is CC(C)c1ccc(C2CCOC2)c(CN2CCC2)n1. The van der Waals surface area contributed by atoms with Gasteiger partial charge in [0.1, 0.15) is 0 Å². The van der Waals surface area contributed by atoms with E-state index in [1.165, 1.54) is 36.5 Å². The molecule has 0 radical (unpaired) electrons. The summed E-state index contributed by atoms with van der Waals surface area (Å²) in [5.74, 6) is 1.06. The summed E-state index contributed by atoms with van der Waals surface area (Å²) in [5.41, 5.74) is 3.94. The lowest BCUT2D eigenvalue weighted by molar-refractivity contribution is 0.169. The zero-order valence-corrected chi connectivity index (χ0v) is 12.1. The van der Waals surface area contributed by atoms with Gasteiger partial charge in [0.2, 0.25) is 0 Å². The fourth-order valence-corrected chi connectivity index (χ4v) is 2.88. The number of hydrogen-bond donors (Lipinski definition) is 0. The summed E-state index contributed by atoms with van der Waals surface area (Å²) in [6, 6.07) is 4.51. The second-order valence-electron chi connectivity index (χ2n) is 6.12. The minimum atomic E-state index is 0.504. The van der Waals surface area contributed by atoms with Gasteiger partial charge < -0.3 is 4.74 Å². The summed E-state index contributed by atoms with van der Waals surface area (Å²) >= 11 is 0. The van der Waals surface area contributed by atoms with E-state index in [1.54, 1.807) is 0 Å². The number of hydrogen-bond acceptors (Lipinski definition) is 3. The van der Waals surface area contributed by atoms with E-state index in [1.807, 2.05) is 0 Å². The first-order valence-corrected chi connectivity index (χ1v) is 7.54. The van der Waals surface area contributed by atoms with Crippen molar-refractivity contribution >= 4 is 0 Å². The standard InChI is InChI=1S/C16H24N2O/c1-12(2)15-5-4-14(13-6-9-19-11-13)16(17-15)10-18-7-3-8-18/h4-5,12-13H,3,6-11H2,1-2H3. The molecule has 2 aliphatic rings. The lowest BCUT2D eigenvalue weighted by Crippen LogP contribution is -2.37. The summed E-state index contributed by atoms with van der Waals surface area (Å²) in [6.45, 7) is 9.69. The van der Waals surface area contributed by atoms with Crippen LogP contribution in [0.15, 0.2) is 12.1 Å². The van der Waals surface area contributed by atoms with E-state index in [4.69, 9.17) is 9.72 Å². The highest BCUT2D eigenvalue weighted by atomic mass is 16.5. The van der Waals surface area contributed by atoms with Crippen molar-refractivity contribution in [2.45, 2.75) is 45.1 Å². The number of aromatic nitrogens is 1. The quantitative estimate of drug-likeness (QED) is 0.832. The van der Waals surface area contributed by atoms with E-state index < -0.39 is 0 Å². The molecule has 2 saturated heterocycles. The van der Waals surface area contributed by atoms with Crippen LogP contribution in [0.2, 0.25) is 0 Å². The zero-order valence-electron chi connectivity index (χ0n) is 12.1. The molecule has 104 valence electrons. The summed E-state index contributed by atoms with van der Waals surface area (Å²) < 4.78 is 5.55. The number of ether oxygens (including phenoxy) is 1. The van der Waals surface area contributed by atoms with Gasteiger partial charge in [0, 0.05) is 24.8 Å². The van der Waals surface area contributed by atoms with Crippen molar-refractivity contribution < 1.29 is 4.74 Å². The van der Waals surface area contributed by atoms with Crippen LogP contribution in [0.25, 0.3) is 0 Å². The first-order chi connectivity index (χ1) is 9.24. The number of pyridine rings is 1. The maximum absolute atomic E-state index is 5.55. The van der Waals surface area contributed by atoms with E-state index in [-0.39, 0.29) is 0 Å². The second-order valence-corrected chi connectivity index (χ2v) is 6.12. The van der Waals surface area contributed by atoms with Gasteiger partial charge in [-0.25, -0.2) is 0 Å². The molecule has 0 aromatic carbocycles. The van der Waals surface area contributed by atoms with Gasteiger partial charge in [-0.05, 0) is 43.5 Å². The average molecular weight is 260 g/mol. The summed E-state index contributed by atoms with van der Waals surface area (Å²) in [6.07, 6.45) is 2.49. The van der Waals surface area contributed by atoms with E-state index in [2.05, 4.69) is 30.9 Å². The molecule has 0 saturated carbocycles. The van der Waals surface area contributed by atoms with Crippen LogP contribution >= 0.6 is 0 Å². The molecule has 0 spiro atoms. The molecule has 2 aliphatic heterocycles. The molecule has 2 fully saturated rings. The first-order valence-electron chi connectivity index (χ1n) is 7.54. The molecule has 19 heavy (non-hydrogen) atoms. The van der Waals surface area contributed by atoms with Gasteiger partial charge in [0.15, 0.2) is 0 Å². The fraction of sp³-hybridized carbons (Fsp3) is 0.688. The van der Waals surface area contributed by atoms with Gasteiger partial charge in [-0.2, -0.15) is 0 Å². The first kappa shape index (κ1) is 13.1. The fourth-order valence-electron chi connectivity index (χ4n) is 2.88. The molecule has 3 heteroatoms. The largest absolute Gasteiger partial charge is 0.381 e. The Balaban J connectivity index is 1.87. The smallest absolute Gasteiger partial charge is 0.0583 e. The molecule has 1 atom stereocenters. The topological polar surface area (TPSA) is 25.4 Å². The number of rotatable bonds is 4. The lowest BCUT2D eigenvalue weighted by atomic mass is 9.94. The predicted molar refractivity (Wildman–Crippen MR) is 76.4 cm³/mol. The molecule has 3 nitrogen and oxygen atoms in total. The monoisotopic (exact) mass is 260 g/mol. The van der Waals surface area contributed by atoms with Gasteiger partial charge in [0.25, 0.3) is 0 Å². The van der Waals surface area contributed by atoms with Crippen LogP contribution in [0.3, 0.4) is 0 Å². The van der Waals surface area contributed by atoms with E-state index in [0.29, 0.717) is 11.8 Å². The Morgan fingerprint density at radius 3 is 2.79 bits per heavy atom. The van der Waals surface area contributed by atoms with Crippen molar-refractivity contribution in [1.82, 2.24) is 9.88 Å². The van der Waals surface area contributed by atoms with Crippen LogP contribution in [-0.4, -0.2) is 36.2 Å². The third-order valence-corrected chi connectivity index (χ3v) is 4.31. The normalized spacial score (nSPS) is 23.8. The second kappa shape index (κ2) is 5.59. The van der Waals surface area contributed by atoms with Gasteiger partial charge >= 0.3 is 0 Å². The highest BCUT2D eigenvalue weighted by Crippen LogP contribution is 2.29. The molecule has 3 rings (SSSR count). The molecule has 0 amide bonds. The third-order valence-electron chi connectivity index (χ3n) is 4.31. The Labute approximate surface area is 116 Å². The maximum Gasteiger partial charge on any atom is 0.0583 e. The molecule has 1 unspecified atom stereocenters. The van der Waals surface area contributed by atoms with Crippen LogP contribution in [0.5, 0.6) is 0 Å². The van der Waals surface area contributed by atoms with Crippen LogP contribution in [0.4, 0.5) is 0 Å². The molecular weight excluding hydrogens is 236 g/mol. The summed E-state index contributed by atoms with van der Waals surface area (Å²) in [4.78, 5) is 7.43. The average Bonchev–Trinajstić information content (AvgIpc) is 2.87. The van der Waals surface area contributed by atoms with E-state index in [9.17, 15) is 0 Å². The molecular formula is C16H24N2O. The third kappa shape index (κ3) is 2.82. The molecule has 0 aliphatic carbocycles. The van der Waals surface area contributed by atoms with Crippen LogP contribution in [-0.2, 0) is 11.3 Å². The van der Waals surface area contributed by atoms with Gasteiger partial charge in [-0.3, -0.25) is 9.88 Å². The molecule has 3 heterocycles. The Morgan fingerprint density at radius 2 is 2.21 bits per heavy atom. The van der Waals surface area contributed by atoms with E-state index >= 15 is 0 Å². The number of likely N-dealkylation sites (tertiary alicyclic amines) is 1. The van der Waals surface area contributed by atoms with Crippen LogP contribution in [0.1, 0.15) is 55.5 Å². The van der Waals surface area contributed by atoms with Crippen molar-refractivity contribution in [2.75, 3.05) is 26.3 Å². The Bertz CT molecular complexity index is 434. The van der Waals surface area contributed by atoms with Gasteiger partial charge in [0.05, 0.1) is 12.3 Å². The van der Waals surface area contributed by atoms with Crippen molar-refractivity contribution in [3.05, 3.63) is 29.1 Å². The van der Waals surface area contributed by atoms with Crippen molar-refractivity contribution in [1.29, 1.82) is 0 Å². The van der Waals surface area contributed by atoms with Gasteiger partial charge in [-0.15, -0.1) is 0 Å². The Morgan fingerprint density at radius 1 is 1.37 bits per heavy atom. The summed E-state index contributed by atoms with van der Waals surface area (Å²) in [7, 11) is 0. The molecule has 0 bridgehead atoms. The van der Waals surface area contributed by atoms with Gasteiger partial charge in [-0.1, -0.05) is 19.9 Å². The van der Waals surface area contributed by atoms with E-state index in [0.717, 1.165) is 26.2 Å². The zero-order chi connectivity index (χ0) is 13.2. The molecule has 1 aromatic rings.